The van der Waals surface area contributed by atoms with E-state index in [2.05, 4.69) is 42.0 Å². The van der Waals surface area contributed by atoms with Gasteiger partial charge in [0.25, 0.3) is 0 Å². The summed E-state index contributed by atoms with van der Waals surface area (Å²) < 4.78 is 0. The van der Waals surface area contributed by atoms with Crippen LogP contribution >= 0.6 is 0 Å². The first-order valence-corrected chi connectivity index (χ1v) is 7.85. The number of nitrogen functional groups attached to an aromatic ring is 1. The molecule has 0 bridgehead atoms. The normalized spacial score (nSPS) is 12.8. The van der Waals surface area contributed by atoms with Gasteiger partial charge in [0.2, 0.25) is 0 Å². The summed E-state index contributed by atoms with van der Waals surface area (Å²) >= 11 is 0. The molecular formula is C16H30N4. The molecule has 1 atom stereocenters. The number of hydrogen-bond donors (Lipinski definition) is 2. The quantitative estimate of drug-likeness (QED) is 0.689. The predicted octanol–water partition coefficient (Wildman–Crippen LogP) is 2.31. The van der Waals surface area contributed by atoms with Crippen LogP contribution in [0.15, 0.2) is 18.3 Å². The van der Waals surface area contributed by atoms with Crippen LogP contribution in [0.3, 0.4) is 0 Å². The van der Waals surface area contributed by atoms with Crippen LogP contribution in [0.5, 0.6) is 0 Å². The van der Waals surface area contributed by atoms with E-state index in [1.165, 1.54) is 18.4 Å². The number of pyridine rings is 1. The molecule has 0 saturated heterocycles. The molecule has 0 spiro atoms. The topological polar surface area (TPSA) is 54.2 Å². The van der Waals surface area contributed by atoms with E-state index in [1.807, 2.05) is 6.07 Å². The van der Waals surface area contributed by atoms with Crippen LogP contribution in [-0.2, 0) is 6.42 Å². The Hall–Kier alpha value is -1.13. The Bertz CT molecular complexity index is 363. The molecule has 4 nitrogen and oxygen atoms in total. The lowest BCUT2D eigenvalue weighted by atomic mass is 10.0. The van der Waals surface area contributed by atoms with Crippen molar-refractivity contribution in [3.63, 3.8) is 0 Å². The van der Waals surface area contributed by atoms with E-state index in [4.69, 9.17) is 5.73 Å². The molecular weight excluding hydrogens is 248 g/mol. The predicted molar refractivity (Wildman–Crippen MR) is 86.8 cm³/mol. The van der Waals surface area contributed by atoms with Crippen molar-refractivity contribution < 1.29 is 0 Å². The van der Waals surface area contributed by atoms with Crippen LogP contribution in [-0.4, -0.2) is 42.1 Å². The molecule has 1 aromatic rings. The highest BCUT2D eigenvalue weighted by molar-refractivity contribution is 5.32. The average molecular weight is 278 g/mol. The van der Waals surface area contributed by atoms with E-state index in [0.717, 1.165) is 32.6 Å². The number of nitrogens with zero attached hydrogens (tertiary/aromatic N) is 2. The van der Waals surface area contributed by atoms with Crippen molar-refractivity contribution in [2.24, 2.45) is 0 Å². The first kappa shape index (κ1) is 16.9. The molecule has 1 heterocycles. The van der Waals surface area contributed by atoms with Crippen LogP contribution in [0, 0.1) is 0 Å². The fraction of sp³-hybridized carbons (Fsp3) is 0.688. The van der Waals surface area contributed by atoms with Gasteiger partial charge in [-0.25, -0.2) is 4.98 Å². The lowest BCUT2D eigenvalue weighted by Gasteiger charge is -2.23. The zero-order valence-corrected chi connectivity index (χ0v) is 13.2. The SMILES string of the molecule is CCCNC(CCN(CC)CC)Cc1ccnc(N)c1. The van der Waals surface area contributed by atoms with Gasteiger partial charge in [0.1, 0.15) is 5.82 Å². The number of aromatic nitrogens is 1. The number of anilines is 1. The van der Waals surface area contributed by atoms with Crippen molar-refractivity contribution in [3.05, 3.63) is 23.9 Å². The molecule has 3 N–H and O–H groups in total. The minimum absolute atomic E-state index is 0.511. The maximum Gasteiger partial charge on any atom is 0.123 e. The molecule has 0 radical (unpaired) electrons. The van der Waals surface area contributed by atoms with E-state index in [9.17, 15) is 0 Å². The fourth-order valence-corrected chi connectivity index (χ4v) is 2.41. The minimum Gasteiger partial charge on any atom is -0.384 e. The highest BCUT2D eigenvalue weighted by Crippen LogP contribution is 2.09. The second kappa shape index (κ2) is 9.72. The van der Waals surface area contributed by atoms with Crippen LogP contribution in [0.25, 0.3) is 0 Å². The number of hydrogen-bond acceptors (Lipinski definition) is 4. The zero-order chi connectivity index (χ0) is 14.8. The van der Waals surface area contributed by atoms with Gasteiger partial charge in [-0.05, 0) is 63.1 Å². The second-order valence-corrected chi connectivity index (χ2v) is 5.26. The number of rotatable bonds is 10. The van der Waals surface area contributed by atoms with E-state index in [0.29, 0.717) is 11.9 Å². The Morgan fingerprint density at radius 2 is 2.05 bits per heavy atom. The summed E-state index contributed by atoms with van der Waals surface area (Å²) in [5, 5.41) is 3.65. The van der Waals surface area contributed by atoms with E-state index in [-0.39, 0.29) is 0 Å². The van der Waals surface area contributed by atoms with Crippen molar-refractivity contribution >= 4 is 5.82 Å². The molecule has 4 heteroatoms. The van der Waals surface area contributed by atoms with Gasteiger partial charge in [-0.3, -0.25) is 0 Å². The molecule has 0 aliphatic heterocycles. The third-order valence-corrected chi connectivity index (χ3v) is 3.70. The lowest BCUT2D eigenvalue weighted by molar-refractivity contribution is 0.280. The summed E-state index contributed by atoms with van der Waals surface area (Å²) in [7, 11) is 0. The Morgan fingerprint density at radius 1 is 1.30 bits per heavy atom. The fourth-order valence-electron chi connectivity index (χ4n) is 2.41. The Morgan fingerprint density at radius 3 is 2.65 bits per heavy atom. The smallest absolute Gasteiger partial charge is 0.123 e. The van der Waals surface area contributed by atoms with Gasteiger partial charge in [-0.15, -0.1) is 0 Å². The van der Waals surface area contributed by atoms with Gasteiger partial charge in [-0.1, -0.05) is 20.8 Å². The molecule has 1 aromatic heterocycles. The van der Waals surface area contributed by atoms with E-state index >= 15 is 0 Å². The molecule has 0 saturated carbocycles. The van der Waals surface area contributed by atoms with Crippen LogP contribution < -0.4 is 11.1 Å². The summed E-state index contributed by atoms with van der Waals surface area (Å²) in [6.45, 7) is 11.1. The standard InChI is InChI=1S/C16H30N4/c1-4-9-18-15(8-11-20(5-2)6-3)12-14-7-10-19-16(17)13-14/h7,10,13,15,18H,4-6,8-9,11-12H2,1-3H3,(H2,17,19). The average Bonchev–Trinajstić information content (AvgIpc) is 2.45. The first-order chi connectivity index (χ1) is 9.69. The minimum atomic E-state index is 0.511. The largest absolute Gasteiger partial charge is 0.384 e. The molecule has 1 rings (SSSR count). The molecule has 114 valence electrons. The summed E-state index contributed by atoms with van der Waals surface area (Å²) in [5.41, 5.74) is 7.03. The molecule has 0 aliphatic rings. The highest BCUT2D eigenvalue weighted by atomic mass is 15.1. The van der Waals surface area contributed by atoms with Crippen molar-refractivity contribution in [3.8, 4) is 0 Å². The zero-order valence-electron chi connectivity index (χ0n) is 13.2. The Kier molecular flexibility index (Phi) is 8.23. The van der Waals surface area contributed by atoms with Gasteiger partial charge >= 0.3 is 0 Å². The monoisotopic (exact) mass is 278 g/mol. The summed E-state index contributed by atoms with van der Waals surface area (Å²) in [6, 6.07) is 4.56. The third kappa shape index (κ3) is 6.35. The van der Waals surface area contributed by atoms with Crippen molar-refractivity contribution in [2.75, 3.05) is 31.9 Å². The Balaban J connectivity index is 2.54. The van der Waals surface area contributed by atoms with Gasteiger partial charge in [0, 0.05) is 12.2 Å². The van der Waals surface area contributed by atoms with Gasteiger partial charge < -0.3 is 16.0 Å². The maximum absolute atomic E-state index is 5.76. The van der Waals surface area contributed by atoms with E-state index < -0.39 is 0 Å². The maximum atomic E-state index is 5.76. The molecule has 0 fully saturated rings. The molecule has 1 unspecified atom stereocenters. The van der Waals surface area contributed by atoms with Gasteiger partial charge in [0.15, 0.2) is 0 Å². The molecule has 20 heavy (non-hydrogen) atoms. The first-order valence-electron chi connectivity index (χ1n) is 7.85. The lowest BCUT2D eigenvalue weighted by Crippen LogP contribution is -2.36. The summed E-state index contributed by atoms with van der Waals surface area (Å²) in [6.07, 6.45) is 5.16. The van der Waals surface area contributed by atoms with Crippen LogP contribution in [0.1, 0.15) is 39.2 Å². The third-order valence-electron chi connectivity index (χ3n) is 3.70. The molecule has 0 aliphatic carbocycles. The van der Waals surface area contributed by atoms with Crippen molar-refractivity contribution in [2.45, 2.75) is 46.1 Å². The highest BCUT2D eigenvalue weighted by Gasteiger charge is 2.11. The van der Waals surface area contributed by atoms with E-state index in [1.54, 1.807) is 6.20 Å². The molecule has 0 aromatic carbocycles. The van der Waals surface area contributed by atoms with Crippen molar-refractivity contribution in [1.82, 2.24) is 15.2 Å². The van der Waals surface area contributed by atoms with Gasteiger partial charge in [-0.2, -0.15) is 0 Å². The summed E-state index contributed by atoms with van der Waals surface area (Å²) in [4.78, 5) is 6.53. The van der Waals surface area contributed by atoms with Crippen LogP contribution in [0.4, 0.5) is 5.82 Å². The number of nitrogens with two attached hydrogens (primary N) is 1. The Labute approximate surface area is 123 Å². The number of nitrogens with one attached hydrogen (secondary N) is 1. The van der Waals surface area contributed by atoms with Crippen LogP contribution in [0.2, 0.25) is 0 Å². The summed E-state index contributed by atoms with van der Waals surface area (Å²) in [5.74, 6) is 0.612. The van der Waals surface area contributed by atoms with Gasteiger partial charge in [0.05, 0.1) is 0 Å². The molecule has 0 amide bonds. The second-order valence-electron chi connectivity index (χ2n) is 5.26. The van der Waals surface area contributed by atoms with Crippen molar-refractivity contribution in [1.29, 1.82) is 0 Å².